The van der Waals surface area contributed by atoms with Crippen molar-refractivity contribution in [2.75, 3.05) is 26.7 Å². The van der Waals surface area contributed by atoms with Crippen LogP contribution in [0.2, 0.25) is 0 Å². The molecule has 0 bridgehead atoms. The van der Waals surface area contributed by atoms with Crippen LogP contribution in [0.1, 0.15) is 51.4 Å². The molecule has 1 aliphatic carbocycles. The second-order valence-corrected chi connectivity index (χ2v) is 6.80. The lowest BCUT2D eigenvalue weighted by Gasteiger charge is -2.29. The molecule has 0 aromatic carbocycles. The lowest BCUT2D eigenvalue weighted by atomic mass is 9.83. The zero-order valence-electron chi connectivity index (χ0n) is 12.9. The fourth-order valence-corrected chi connectivity index (χ4v) is 3.57. The number of hydrogen-bond acceptors (Lipinski definition) is 3. The molecule has 1 amide bonds. The van der Waals surface area contributed by atoms with Crippen molar-refractivity contribution in [1.82, 2.24) is 10.2 Å². The molecule has 2 atom stereocenters. The first-order valence-corrected chi connectivity index (χ1v) is 8.36. The van der Waals surface area contributed by atoms with Crippen LogP contribution < -0.4 is 11.1 Å². The van der Waals surface area contributed by atoms with Crippen LogP contribution in [0.5, 0.6) is 0 Å². The van der Waals surface area contributed by atoms with Crippen molar-refractivity contribution >= 4 is 5.91 Å². The minimum absolute atomic E-state index is 0.209. The summed E-state index contributed by atoms with van der Waals surface area (Å²) in [6, 6.07) is 0.239. The van der Waals surface area contributed by atoms with Crippen LogP contribution in [0, 0.1) is 11.8 Å². The van der Waals surface area contributed by atoms with Crippen LogP contribution in [0.15, 0.2) is 0 Å². The Balaban J connectivity index is 1.58. The molecule has 0 aromatic rings. The summed E-state index contributed by atoms with van der Waals surface area (Å²) in [5.74, 6) is 1.41. The molecule has 2 rings (SSSR count). The van der Waals surface area contributed by atoms with Gasteiger partial charge in [-0.05, 0) is 64.1 Å². The first-order valence-electron chi connectivity index (χ1n) is 8.36. The van der Waals surface area contributed by atoms with Gasteiger partial charge in [-0.3, -0.25) is 4.79 Å². The number of hydrogen-bond donors (Lipinski definition) is 2. The topological polar surface area (TPSA) is 58.4 Å². The maximum atomic E-state index is 12.0. The molecule has 1 heterocycles. The van der Waals surface area contributed by atoms with E-state index in [4.69, 9.17) is 5.73 Å². The Bertz CT molecular complexity index is 300. The Hall–Kier alpha value is -0.610. The zero-order valence-corrected chi connectivity index (χ0v) is 12.9. The number of nitrogens with one attached hydrogen (secondary N) is 1. The first-order chi connectivity index (χ1) is 9.65. The van der Waals surface area contributed by atoms with Gasteiger partial charge in [0, 0.05) is 19.0 Å². The number of likely N-dealkylation sites (tertiary alicyclic amines) is 1. The van der Waals surface area contributed by atoms with Crippen molar-refractivity contribution in [3.63, 3.8) is 0 Å². The molecule has 1 saturated carbocycles. The largest absolute Gasteiger partial charge is 0.356 e. The van der Waals surface area contributed by atoms with Crippen LogP contribution in [-0.4, -0.2) is 43.5 Å². The highest BCUT2D eigenvalue weighted by atomic mass is 16.1. The number of rotatable bonds is 5. The Morgan fingerprint density at radius 1 is 1.20 bits per heavy atom. The highest BCUT2D eigenvalue weighted by Crippen LogP contribution is 2.25. The van der Waals surface area contributed by atoms with Gasteiger partial charge in [0.1, 0.15) is 0 Å². The van der Waals surface area contributed by atoms with Crippen molar-refractivity contribution in [2.24, 2.45) is 17.6 Å². The van der Waals surface area contributed by atoms with Crippen molar-refractivity contribution in [2.45, 2.75) is 57.4 Å². The van der Waals surface area contributed by atoms with Crippen molar-refractivity contribution in [3.8, 4) is 0 Å². The normalized spacial score (nSPS) is 29.3. The van der Waals surface area contributed by atoms with E-state index in [9.17, 15) is 4.79 Å². The average Bonchev–Trinajstić information content (AvgIpc) is 2.44. The monoisotopic (exact) mass is 281 g/mol. The number of nitrogens with two attached hydrogens (primary N) is 1. The third-order valence-corrected chi connectivity index (χ3v) is 5.13. The summed E-state index contributed by atoms with van der Waals surface area (Å²) < 4.78 is 0. The van der Waals surface area contributed by atoms with E-state index < -0.39 is 0 Å². The number of carbonyl (C=O) groups excluding carboxylic acids is 1. The molecule has 0 spiro atoms. The summed E-state index contributed by atoms with van der Waals surface area (Å²) >= 11 is 0. The first kappa shape index (κ1) is 15.8. The molecule has 20 heavy (non-hydrogen) atoms. The molecular weight excluding hydrogens is 250 g/mol. The highest BCUT2D eigenvalue weighted by molar-refractivity contribution is 5.76. The van der Waals surface area contributed by atoms with Gasteiger partial charge in [0.15, 0.2) is 0 Å². The summed E-state index contributed by atoms with van der Waals surface area (Å²) in [5.41, 5.74) is 6.10. The lowest BCUT2D eigenvalue weighted by molar-refractivity contribution is -0.122. The number of amides is 1. The van der Waals surface area contributed by atoms with E-state index in [0.29, 0.717) is 12.3 Å². The van der Waals surface area contributed by atoms with Crippen LogP contribution >= 0.6 is 0 Å². The maximum Gasteiger partial charge on any atom is 0.220 e. The van der Waals surface area contributed by atoms with E-state index in [1.165, 1.54) is 38.8 Å². The van der Waals surface area contributed by atoms with Crippen LogP contribution in [0.3, 0.4) is 0 Å². The van der Waals surface area contributed by atoms with Gasteiger partial charge in [-0.1, -0.05) is 12.8 Å². The number of nitrogens with zero attached hydrogens (tertiary/aromatic N) is 1. The smallest absolute Gasteiger partial charge is 0.220 e. The van der Waals surface area contributed by atoms with E-state index in [-0.39, 0.29) is 11.9 Å². The molecule has 1 aliphatic heterocycles. The Morgan fingerprint density at radius 2 is 1.90 bits per heavy atom. The standard InChI is InChI=1S/C16H31N3O/c1-19-10-7-13(8-11-19)6-9-18-16(20)12-14-4-2-3-5-15(14)17/h13-15H,2-12,17H2,1H3,(H,18,20). The minimum Gasteiger partial charge on any atom is -0.356 e. The SMILES string of the molecule is CN1CCC(CCNC(=O)CC2CCCCC2N)CC1. The van der Waals surface area contributed by atoms with Gasteiger partial charge < -0.3 is 16.0 Å². The number of piperidine rings is 1. The zero-order chi connectivity index (χ0) is 14.4. The van der Waals surface area contributed by atoms with Gasteiger partial charge in [0.2, 0.25) is 5.91 Å². The molecule has 2 unspecified atom stereocenters. The number of carbonyl (C=O) groups is 1. The molecule has 4 heteroatoms. The molecule has 3 N–H and O–H groups in total. The van der Waals surface area contributed by atoms with Crippen LogP contribution in [-0.2, 0) is 4.79 Å². The molecule has 0 radical (unpaired) electrons. The van der Waals surface area contributed by atoms with Gasteiger partial charge in [-0.2, -0.15) is 0 Å². The van der Waals surface area contributed by atoms with Gasteiger partial charge >= 0.3 is 0 Å². The van der Waals surface area contributed by atoms with E-state index in [1.54, 1.807) is 0 Å². The van der Waals surface area contributed by atoms with E-state index in [2.05, 4.69) is 17.3 Å². The third-order valence-electron chi connectivity index (χ3n) is 5.13. The maximum absolute atomic E-state index is 12.0. The minimum atomic E-state index is 0.209. The van der Waals surface area contributed by atoms with E-state index >= 15 is 0 Å². The molecule has 4 nitrogen and oxygen atoms in total. The predicted molar refractivity (Wildman–Crippen MR) is 82.4 cm³/mol. The summed E-state index contributed by atoms with van der Waals surface area (Å²) in [7, 11) is 2.19. The second kappa shape index (κ2) is 7.99. The molecule has 0 aromatic heterocycles. The quantitative estimate of drug-likeness (QED) is 0.807. The predicted octanol–water partition coefficient (Wildman–Crippen LogP) is 1.74. The molecule has 2 aliphatic rings. The second-order valence-electron chi connectivity index (χ2n) is 6.80. The Labute approximate surface area is 123 Å². The highest BCUT2D eigenvalue weighted by Gasteiger charge is 2.24. The molecule has 1 saturated heterocycles. The summed E-state index contributed by atoms with van der Waals surface area (Å²) in [4.78, 5) is 14.4. The third kappa shape index (κ3) is 5.06. The fourth-order valence-electron chi connectivity index (χ4n) is 3.57. The lowest BCUT2D eigenvalue weighted by Crippen LogP contribution is -2.38. The molecule has 116 valence electrons. The summed E-state index contributed by atoms with van der Waals surface area (Å²) in [5, 5.41) is 3.10. The Morgan fingerprint density at radius 3 is 2.60 bits per heavy atom. The van der Waals surface area contributed by atoms with Crippen molar-refractivity contribution in [3.05, 3.63) is 0 Å². The average molecular weight is 281 g/mol. The summed E-state index contributed by atoms with van der Waals surface area (Å²) in [6.07, 6.45) is 9.01. The van der Waals surface area contributed by atoms with Crippen LogP contribution in [0.25, 0.3) is 0 Å². The van der Waals surface area contributed by atoms with Gasteiger partial charge in [0.25, 0.3) is 0 Å². The van der Waals surface area contributed by atoms with E-state index in [1.807, 2.05) is 0 Å². The van der Waals surface area contributed by atoms with Gasteiger partial charge in [-0.15, -0.1) is 0 Å². The van der Waals surface area contributed by atoms with Crippen LogP contribution in [0.4, 0.5) is 0 Å². The summed E-state index contributed by atoms with van der Waals surface area (Å²) in [6.45, 7) is 3.25. The molecular formula is C16H31N3O. The van der Waals surface area contributed by atoms with E-state index in [0.717, 1.165) is 31.7 Å². The Kier molecular flexibility index (Phi) is 6.30. The fraction of sp³-hybridized carbons (Fsp3) is 0.938. The molecule has 2 fully saturated rings. The van der Waals surface area contributed by atoms with Gasteiger partial charge in [0.05, 0.1) is 0 Å². The van der Waals surface area contributed by atoms with Gasteiger partial charge in [-0.25, -0.2) is 0 Å². The van der Waals surface area contributed by atoms with Crippen molar-refractivity contribution in [1.29, 1.82) is 0 Å². The van der Waals surface area contributed by atoms with Crippen molar-refractivity contribution < 1.29 is 4.79 Å².